The SMILES string of the molecule is CC(C)C[C@H](NC(=O)[C@H](CCCN=C(N)NC(C[O-])CCC=O)NC(=O)C1CCCCC1)B(O)O. The summed E-state index contributed by atoms with van der Waals surface area (Å²) in [7, 11) is -1.71. The van der Waals surface area contributed by atoms with Crippen molar-refractivity contribution in [3.8, 4) is 0 Å². The van der Waals surface area contributed by atoms with Crippen LogP contribution in [0.3, 0.4) is 0 Å². The number of nitrogens with two attached hydrogens (primary N) is 1. The highest BCUT2D eigenvalue weighted by molar-refractivity contribution is 6.43. The molecule has 2 amide bonds. The Kier molecular flexibility index (Phi) is 15.2. The Morgan fingerprint density at radius 1 is 1.14 bits per heavy atom. The Morgan fingerprint density at radius 2 is 1.83 bits per heavy atom. The third-order valence-electron chi connectivity index (χ3n) is 6.14. The van der Waals surface area contributed by atoms with E-state index in [-0.39, 0.29) is 43.1 Å². The summed E-state index contributed by atoms with van der Waals surface area (Å²) in [4.78, 5) is 40.5. The molecule has 0 aromatic carbocycles. The zero-order chi connectivity index (χ0) is 26.2. The molecule has 0 heterocycles. The zero-order valence-electron chi connectivity index (χ0n) is 21.1. The van der Waals surface area contributed by atoms with Crippen molar-refractivity contribution in [2.45, 2.75) is 96.1 Å². The Hall–Kier alpha value is -2.18. The van der Waals surface area contributed by atoms with Gasteiger partial charge < -0.3 is 41.6 Å². The Balaban J connectivity index is 2.74. The highest BCUT2D eigenvalue weighted by Gasteiger charge is 2.31. The predicted octanol–water partition coefficient (Wildman–Crippen LogP) is -1.01. The van der Waals surface area contributed by atoms with E-state index in [1.807, 2.05) is 13.8 Å². The topological polar surface area (TPSA) is 189 Å². The molecule has 1 fully saturated rings. The number of aldehydes is 1. The molecule has 0 bridgehead atoms. The van der Waals surface area contributed by atoms with E-state index in [1.54, 1.807) is 0 Å². The highest BCUT2D eigenvalue weighted by Crippen LogP contribution is 2.24. The van der Waals surface area contributed by atoms with Crippen molar-refractivity contribution >= 4 is 31.2 Å². The molecule has 35 heavy (non-hydrogen) atoms. The molecule has 0 radical (unpaired) electrons. The first-order chi connectivity index (χ1) is 16.7. The molecular formula is C23H43BN5O6-. The second kappa shape index (κ2) is 17.3. The van der Waals surface area contributed by atoms with Crippen LogP contribution in [0.1, 0.15) is 78.1 Å². The predicted molar refractivity (Wildman–Crippen MR) is 133 cm³/mol. The average Bonchev–Trinajstić information content (AvgIpc) is 2.83. The van der Waals surface area contributed by atoms with Gasteiger partial charge >= 0.3 is 7.12 Å². The van der Waals surface area contributed by atoms with Crippen LogP contribution >= 0.6 is 0 Å². The number of hydrogen-bond donors (Lipinski definition) is 6. The van der Waals surface area contributed by atoms with Gasteiger partial charge in [-0.05, 0) is 44.4 Å². The lowest BCUT2D eigenvalue weighted by molar-refractivity contribution is -0.372. The normalized spacial score (nSPS) is 17.4. The fraction of sp³-hybridized carbons (Fsp3) is 0.826. The van der Waals surface area contributed by atoms with Gasteiger partial charge in [-0.2, -0.15) is 0 Å². The van der Waals surface area contributed by atoms with Crippen LogP contribution in [0.4, 0.5) is 0 Å². The molecule has 7 N–H and O–H groups in total. The van der Waals surface area contributed by atoms with Crippen LogP contribution < -0.4 is 26.8 Å². The molecule has 12 heteroatoms. The summed E-state index contributed by atoms with van der Waals surface area (Å²) in [5, 5.41) is 38.9. The molecule has 0 aromatic heterocycles. The summed E-state index contributed by atoms with van der Waals surface area (Å²) in [6.07, 6.45) is 7.13. The van der Waals surface area contributed by atoms with Gasteiger partial charge in [-0.15, -0.1) is 6.61 Å². The standard InChI is InChI=1S/C23H43BN5O6/c1-16(2)14-20(24(34)35)29-22(33)19(28-21(32)17-8-4-3-5-9-17)11-6-12-26-23(25)27-18(15-31)10-7-13-30/h13,16-20,34-35H,3-12,14-15H2,1-2H3,(H,28,32)(H,29,33)(H3,25,26,27)/q-1/t18?,19-,20-/m0/s1. The molecule has 0 spiro atoms. The largest absolute Gasteiger partial charge is 0.853 e. The highest BCUT2D eigenvalue weighted by atomic mass is 16.4. The van der Waals surface area contributed by atoms with Crippen molar-refractivity contribution in [1.82, 2.24) is 16.0 Å². The minimum atomic E-state index is -1.71. The number of hydrogen-bond acceptors (Lipinski definition) is 7. The fourth-order valence-electron chi connectivity index (χ4n) is 4.19. The van der Waals surface area contributed by atoms with Gasteiger partial charge in [-0.3, -0.25) is 14.6 Å². The first-order valence-electron chi connectivity index (χ1n) is 12.7. The smallest absolute Gasteiger partial charge is 0.475 e. The van der Waals surface area contributed by atoms with Gasteiger partial charge in [0.25, 0.3) is 0 Å². The number of nitrogens with one attached hydrogen (secondary N) is 3. The molecule has 11 nitrogen and oxygen atoms in total. The zero-order valence-corrected chi connectivity index (χ0v) is 21.1. The van der Waals surface area contributed by atoms with E-state index in [1.165, 1.54) is 0 Å². The van der Waals surface area contributed by atoms with Crippen molar-refractivity contribution in [1.29, 1.82) is 0 Å². The molecule has 0 aliphatic heterocycles. The molecule has 1 unspecified atom stereocenters. The fourth-order valence-corrected chi connectivity index (χ4v) is 4.19. The first-order valence-corrected chi connectivity index (χ1v) is 12.7. The van der Waals surface area contributed by atoms with Crippen LogP contribution in [0, 0.1) is 11.8 Å². The number of carbonyl (C=O) groups is 3. The van der Waals surface area contributed by atoms with Crippen molar-refractivity contribution in [3.05, 3.63) is 0 Å². The molecule has 0 saturated heterocycles. The maximum absolute atomic E-state index is 13.0. The summed E-state index contributed by atoms with van der Waals surface area (Å²) in [6.45, 7) is 3.65. The van der Waals surface area contributed by atoms with E-state index in [9.17, 15) is 29.5 Å². The molecule has 1 aliphatic carbocycles. The minimum absolute atomic E-state index is 0.0874. The summed E-state index contributed by atoms with van der Waals surface area (Å²) in [6, 6.07) is -1.33. The van der Waals surface area contributed by atoms with E-state index in [2.05, 4.69) is 20.9 Å². The van der Waals surface area contributed by atoms with Crippen molar-refractivity contribution in [3.63, 3.8) is 0 Å². The Labute approximate surface area is 208 Å². The van der Waals surface area contributed by atoms with E-state index < -0.39 is 37.7 Å². The minimum Gasteiger partial charge on any atom is -0.853 e. The maximum atomic E-state index is 13.0. The molecular weight excluding hydrogens is 453 g/mol. The number of guanidine groups is 1. The van der Waals surface area contributed by atoms with Gasteiger partial charge in [-0.25, -0.2) is 0 Å². The van der Waals surface area contributed by atoms with Crippen LogP contribution in [0.15, 0.2) is 4.99 Å². The summed E-state index contributed by atoms with van der Waals surface area (Å²) in [5.41, 5.74) is 5.83. The second-order valence-electron chi connectivity index (χ2n) is 9.72. The molecule has 0 aromatic rings. The van der Waals surface area contributed by atoms with E-state index in [4.69, 9.17) is 5.73 Å². The van der Waals surface area contributed by atoms with Crippen LogP contribution in [-0.4, -0.2) is 72.4 Å². The third kappa shape index (κ3) is 12.9. The quantitative estimate of drug-likeness (QED) is 0.0515. The van der Waals surface area contributed by atoms with Gasteiger partial charge in [0.1, 0.15) is 12.3 Å². The summed E-state index contributed by atoms with van der Waals surface area (Å²) >= 11 is 0. The number of carbonyl (C=O) groups excluding carboxylic acids is 3. The average molecular weight is 496 g/mol. The van der Waals surface area contributed by atoms with Gasteiger partial charge in [0.2, 0.25) is 11.8 Å². The van der Waals surface area contributed by atoms with Crippen LogP contribution in [0.2, 0.25) is 0 Å². The summed E-state index contributed by atoms with van der Waals surface area (Å²) < 4.78 is 0. The van der Waals surface area contributed by atoms with Gasteiger partial charge in [0.15, 0.2) is 5.96 Å². The maximum Gasteiger partial charge on any atom is 0.475 e. The molecule has 200 valence electrons. The van der Waals surface area contributed by atoms with Gasteiger partial charge in [-0.1, -0.05) is 33.1 Å². The molecule has 3 atom stereocenters. The third-order valence-corrected chi connectivity index (χ3v) is 6.14. The molecule has 1 saturated carbocycles. The Morgan fingerprint density at radius 3 is 2.40 bits per heavy atom. The lowest BCUT2D eigenvalue weighted by atomic mass is 9.75. The van der Waals surface area contributed by atoms with E-state index in [0.29, 0.717) is 19.3 Å². The van der Waals surface area contributed by atoms with Crippen molar-refractivity contribution in [2.75, 3.05) is 13.2 Å². The van der Waals surface area contributed by atoms with Gasteiger partial charge in [0, 0.05) is 24.9 Å². The van der Waals surface area contributed by atoms with Crippen LogP contribution in [0.25, 0.3) is 0 Å². The number of nitrogens with zero attached hydrogens (tertiary/aromatic N) is 1. The monoisotopic (exact) mass is 496 g/mol. The first kappa shape index (κ1) is 30.9. The van der Waals surface area contributed by atoms with E-state index >= 15 is 0 Å². The number of rotatable bonds is 16. The summed E-state index contributed by atoms with van der Waals surface area (Å²) in [5.74, 6) is -1.38. The lowest BCUT2D eigenvalue weighted by Crippen LogP contribution is -2.55. The number of aliphatic imine (C=N–C) groups is 1. The van der Waals surface area contributed by atoms with Crippen LogP contribution in [-0.2, 0) is 14.4 Å². The Bertz CT molecular complexity index is 673. The number of amides is 2. The molecule has 1 rings (SSSR count). The van der Waals surface area contributed by atoms with E-state index in [0.717, 1.165) is 38.4 Å². The second-order valence-corrected chi connectivity index (χ2v) is 9.72. The van der Waals surface area contributed by atoms with Gasteiger partial charge in [0.05, 0.1) is 5.94 Å². The van der Waals surface area contributed by atoms with Crippen molar-refractivity contribution < 1.29 is 29.5 Å². The van der Waals surface area contributed by atoms with Crippen molar-refractivity contribution in [2.24, 2.45) is 22.6 Å². The molecule has 1 aliphatic rings. The lowest BCUT2D eigenvalue weighted by Gasteiger charge is -2.27. The van der Waals surface area contributed by atoms with Crippen LogP contribution in [0.5, 0.6) is 0 Å².